The number of hydrogen-bond acceptors (Lipinski definition) is 6. The number of pyridine rings is 1. The number of benzene rings is 2. The predicted octanol–water partition coefficient (Wildman–Crippen LogP) is 3.57. The summed E-state index contributed by atoms with van der Waals surface area (Å²) >= 11 is 0. The lowest BCUT2D eigenvalue weighted by molar-refractivity contribution is 0.0734. The standard InChI is InChI=1S/C27H29N5O3/c1-30-11-10-19(15-30)31(2)27(34)22-12-17(8-9-24(22)33)18-13-21-23(16-32(28)26(21)29-14-18)20-6-4-5-7-25(20)35-3/h4-9,12-14,16,19,33H,10-11,15,28H2,1-3H3. The van der Waals surface area contributed by atoms with Crippen molar-refractivity contribution < 1.29 is 14.6 Å². The number of hydrogen-bond donors (Lipinski definition) is 2. The number of phenols is 1. The smallest absolute Gasteiger partial charge is 0.257 e. The quantitative estimate of drug-likeness (QED) is 0.432. The van der Waals surface area contributed by atoms with Crippen LogP contribution >= 0.6 is 0 Å². The van der Waals surface area contributed by atoms with Crippen LogP contribution in [0.5, 0.6) is 11.5 Å². The van der Waals surface area contributed by atoms with Gasteiger partial charge in [0, 0.05) is 54.1 Å². The van der Waals surface area contributed by atoms with Crippen molar-refractivity contribution in [2.24, 2.45) is 0 Å². The molecule has 3 heterocycles. The zero-order valence-electron chi connectivity index (χ0n) is 20.1. The highest BCUT2D eigenvalue weighted by atomic mass is 16.5. The predicted molar refractivity (Wildman–Crippen MR) is 137 cm³/mol. The second kappa shape index (κ2) is 8.96. The Labute approximate surface area is 204 Å². The molecule has 2 aromatic heterocycles. The number of likely N-dealkylation sites (N-methyl/N-ethyl adjacent to an activating group) is 2. The molecular weight excluding hydrogens is 442 g/mol. The van der Waals surface area contributed by atoms with Gasteiger partial charge >= 0.3 is 0 Å². The minimum atomic E-state index is -0.193. The van der Waals surface area contributed by atoms with Crippen LogP contribution in [0, 0.1) is 0 Å². The van der Waals surface area contributed by atoms with Gasteiger partial charge in [-0.1, -0.05) is 24.3 Å². The summed E-state index contributed by atoms with van der Waals surface area (Å²) in [5, 5.41) is 11.4. The number of nitrogen functional groups attached to an aromatic ring is 1. The first-order chi connectivity index (χ1) is 16.9. The number of carbonyl (C=O) groups excluding carboxylic acids is 1. The minimum absolute atomic E-state index is 0.0335. The number of likely N-dealkylation sites (tertiary alicyclic amines) is 1. The maximum Gasteiger partial charge on any atom is 0.257 e. The number of para-hydroxylation sites is 1. The number of carbonyl (C=O) groups is 1. The summed E-state index contributed by atoms with van der Waals surface area (Å²) in [5.41, 5.74) is 4.32. The van der Waals surface area contributed by atoms with Crippen LogP contribution in [0.25, 0.3) is 33.3 Å². The first kappa shape index (κ1) is 22.7. The molecule has 4 aromatic rings. The fraction of sp³-hybridized carbons (Fsp3) is 0.259. The monoisotopic (exact) mass is 471 g/mol. The second-order valence-electron chi connectivity index (χ2n) is 9.10. The third kappa shape index (κ3) is 4.06. The molecule has 1 amide bonds. The Bertz CT molecular complexity index is 1410. The highest BCUT2D eigenvalue weighted by molar-refractivity contribution is 6.00. The van der Waals surface area contributed by atoms with Gasteiger partial charge in [0.25, 0.3) is 5.91 Å². The van der Waals surface area contributed by atoms with Crippen LogP contribution in [0.1, 0.15) is 16.8 Å². The molecule has 0 aliphatic carbocycles. The lowest BCUT2D eigenvalue weighted by atomic mass is 9.99. The molecule has 1 aliphatic rings. The van der Waals surface area contributed by atoms with Gasteiger partial charge in [-0.15, -0.1) is 0 Å². The minimum Gasteiger partial charge on any atom is -0.507 e. The lowest BCUT2D eigenvalue weighted by Gasteiger charge is -2.25. The number of fused-ring (bicyclic) bond motifs is 1. The summed E-state index contributed by atoms with van der Waals surface area (Å²) in [4.78, 5) is 21.8. The van der Waals surface area contributed by atoms with E-state index in [4.69, 9.17) is 10.6 Å². The van der Waals surface area contributed by atoms with Gasteiger partial charge in [0.2, 0.25) is 0 Å². The van der Waals surface area contributed by atoms with E-state index in [1.807, 2.05) is 43.6 Å². The van der Waals surface area contributed by atoms with Crippen molar-refractivity contribution in [2.75, 3.05) is 40.1 Å². The van der Waals surface area contributed by atoms with Gasteiger partial charge in [-0.05, 0) is 49.8 Å². The summed E-state index contributed by atoms with van der Waals surface area (Å²) < 4.78 is 7.06. The molecule has 180 valence electrons. The zero-order valence-corrected chi connectivity index (χ0v) is 20.1. The number of methoxy groups -OCH3 is 1. The molecule has 5 rings (SSSR count). The van der Waals surface area contributed by atoms with Gasteiger partial charge in [0.05, 0.1) is 12.7 Å². The Morgan fingerprint density at radius 2 is 1.97 bits per heavy atom. The van der Waals surface area contributed by atoms with E-state index in [1.165, 1.54) is 4.68 Å². The van der Waals surface area contributed by atoms with Crippen LogP contribution in [0.4, 0.5) is 0 Å². The van der Waals surface area contributed by atoms with Gasteiger partial charge < -0.3 is 25.5 Å². The molecule has 0 bridgehead atoms. The number of amides is 1. The molecule has 8 nitrogen and oxygen atoms in total. The first-order valence-electron chi connectivity index (χ1n) is 11.6. The van der Waals surface area contributed by atoms with Crippen LogP contribution < -0.4 is 10.6 Å². The van der Waals surface area contributed by atoms with E-state index in [0.717, 1.165) is 52.9 Å². The van der Waals surface area contributed by atoms with Crippen LogP contribution in [-0.2, 0) is 0 Å². The summed E-state index contributed by atoms with van der Waals surface area (Å²) in [6.45, 7) is 1.78. The molecule has 1 aliphatic heterocycles. The number of nitrogens with zero attached hydrogens (tertiary/aromatic N) is 4. The van der Waals surface area contributed by atoms with Crippen LogP contribution in [0.2, 0.25) is 0 Å². The maximum atomic E-state index is 13.3. The molecular formula is C27H29N5O3. The fourth-order valence-electron chi connectivity index (χ4n) is 4.84. The van der Waals surface area contributed by atoms with E-state index in [9.17, 15) is 9.90 Å². The molecule has 1 fully saturated rings. The average Bonchev–Trinajstić information content (AvgIpc) is 3.46. The van der Waals surface area contributed by atoms with Crippen molar-refractivity contribution in [1.82, 2.24) is 19.5 Å². The number of ether oxygens (including phenoxy) is 1. The van der Waals surface area contributed by atoms with Gasteiger partial charge in [-0.3, -0.25) is 9.47 Å². The molecule has 0 saturated carbocycles. The van der Waals surface area contributed by atoms with Gasteiger partial charge in [0.15, 0.2) is 5.65 Å². The van der Waals surface area contributed by atoms with Crippen molar-refractivity contribution in [3.63, 3.8) is 0 Å². The van der Waals surface area contributed by atoms with E-state index in [-0.39, 0.29) is 23.3 Å². The Kier molecular flexibility index (Phi) is 5.82. The number of aromatic nitrogens is 2. The SMILES string of the molecule is COc1ccccc1-c1cn(N)c2ncc(-c3ccc(O)c(C(=O)N(C)C4CCN(C)C4)c3)cc12. The highest BCUT2D eigenvalue weighted by Gasteiger charge is 2.28. The van der Waals surface area contributed by atoms with Crippen LogP contribution in [-0.4, -0.2) is 70.8 Å². The van der Waals surface area contributed by atoms with Crippen LogP contribution in [0.15, 0.2) is 60.9 Å². The van der Waals surface area contributed by atoms with Gasteiger partial charge in [-0.2, -0.15) is 0 Å². The summed E-state index contributed by atoms with van der Waals surface area (Å²) in [7, 11) is 5.49. The van der Waals surface area contributed by atoms with Crippen molar-refractivity contribution in [2.45, 2.75) is 12.5 Å². The number of phenolic OH excluding ortho intramolecular Hbond substituents is 1. The molecule has 0 spiro atoms. The van der Waals surface area contributed by atoms with E-state index in [0.29, 0.717) is 5.65 Å². The number of rotatable bonds is 5. The maximum absolute atomic E-state index is 13.3. The summed E-state index contributed by atoms with van der Waals surface area (Å²) in [5.74, 6) is 6.72. The normalized spacial score (nSPS) is 16.0. The molecule has 1 saturated heterocycles. The number of aromatic hydroxyl groups is 1. The molecule has 8 heteroatoms. The van der Waals surface area contributed by atoms with E-state index >= 15 is 0 Å². The Hall–Kier alpha value is -4.04. The van der Waals surface area contributed by atoms with Gasteiger partial charge in [-0.25, -0.2) is 4.98 Å². The molecule has 35 heavy (non-hydrogen) atoms. The van der Waals surface area contributed by atoms with Crippen molar-refractivity contribution >= 4 is 16.9 Å². The molecule has 3 N–H and O–H groups in total. The zero-order chi connectivity index (χ0) is 24.7. The van der Waals surface area contributed by atoms with Crippen LogP contribution in [0.3, 0.4) is 0 Å². The Morgan fingerprint density at radius 1 is 1.17 bits per heavy atom. The summed E-state index contributed by atoms with van der Waals surface area (Å²) in [6.07, 6.45) is 4.48. The molecule has 1 atom stereocenters. The third-order valence-corrected chi connectivity index (χ3v) is 6.86. The first-order valence-corrected chi connectivity index (χ1v) is 11.6. The Balaban J connectivity index is 1.55. The molecule has 2 aromatic carbocycles. The van der Waals surface area contributed by atoms with Gasteiger partial charge in [0.1, 0.15) is 11.5 Å². The largest absolute Gasteiger partial charge is 0.507 e. The van der Waals surface area contributed by atoms with Crippen molar-refractivity contribution in [3.05, 3.63) is 66.5 Å². The van der Waals surface area contributed by atoms with Crippen molar-refractivity contribution in [1.29, 1.82) is 0 Å². The topological polar surface area (TPSA) is 96.8 Å². The molecule has 1 unspecified atom stereocenters. The van der Waals surface area contributed by atoms with E-state index in [2.05, 4.69) is 9.88 Å². The third-order valence-electron chi connectivity index (χ3n) is 6.86. The number of nitrogens with two attached hydrogens (primary N) is 1. The fourth-order valence-corrected chi connectivity index (χ4v) is 4.84. The second-order valence-corrected chi connectivity index (χ2v) is 9.10. The summed E-state index contributed by atoms with van der Waals surface area (Å²) in [6, 6.07) is 15.0. The van der Waals surface area contributed by atoms with E-state index in [1.54, 1.807) is 43.5 Å². The average molecular weight is 472 g/mol. The Morgan fingerprint density at radius 3 is 2.71 bits per heavy atom. The van der Waals surface area contributed by atoms with E-state index < -0.39 is 0 Å². The lowest BCUT2D eigenvalue weighted by Crippen LogP contribution is -2.38. The highest BCUT2D eigenvalue weighted by Crippen LogP contribution is 2.37. The molecule has 0 radical (unpaired) electrons. The van der Waals surface area contributed by atoms with Crippen molar-refractivity contribution in [3.8, 4) is 33.8 Å².